The van der Waals surface area contributed by atoms with Crippen LogP contribution < -0.4 is 10.1 Å². The highest BCUT2D eigenvalue weighted by molar-refractivity contribution is 7.99. The lowest BCUT2D eigenvalue weighted by Crippen LogP contribution is -2.37. The van der Waals surface area contributed by atoms with Crippen LogP contribution in [0.5, 0.6) is 5.75 Å². The molecule has 1 saturated heterocycles. The summed E-state index contributed by atoms with van der Waals surface area (Å²) in [6.07, 6.45) is 4.18. The highest BCUT2D eigenvalue weighted by atomic mass is 32.2. The minimum Gasteiger partial charge on any atom is -0.496 e. The van der Waals surface area contributed by atoms with Crippen molar-refractivity contribution in [3.8, 4) is 5.75 Å². The van der Waals surface area contributed by atoms with Gasteiger partial charge in [0.15, 0.2) is 0 Å². The number of likely N-dealkylation sites (tertiary alicyclic amines) is 1. The maximum Gasteiger partial charge on any atom is 0.337 e. The van der Waals surface area contributed by atoms with E-state index < -0.39 is 5.97 Å². The molecule has 0 saturated carbocycles. The van der Waals surface area contributed by atoms with Gasteiger partial charge in [-0.05, 0) is 60.9 Å². The lowest BCUT2D eigenvalue weighted by molar-refractivity contribution is 0.0698. The number of thioether (sulfide) groups is 1. The molecule has 0 amide bonds. The van der Waals surface area contributed by atoms with Crippen molar-refractivity contribution in [1.29, 1.82) is 0 Å². The quantitative estimate of drug-likeness (QED) is 0.395. The predicted octanol–water partition coefficient (Wildman–Crippen LogP) is 5.68. The van der Waals surface area contributed by atoms with E-state index in [1.54, 1.807) is 20.2 Å². The molecule has 1 fully saturated rings. The monoisotopic (exact) mass is 467 g/mol. The number of aromatic nitrogens is 1. The first kappa shape index (κ1) is 23.5. The summed E-state index contributed by atoms with van der Waals surface area (Å²) in [5, 5.41) is 14.4. The standard InChI is InChI=1S/C26H33N3O3S/c1-5-33-18-9-11-29(15-21-19-8-10-28-25(19)16(2)12-24(21)32-4)23(14-18)17-6-7-20(26(30)31)22(13-17)27-3/h6-8,10,12-13,18,23,27-28H,5,9,11,14-15H2,1-4H3,(H,30,31). The maximum absolute atomic E-state index is 11.6. The van der Waals surface area contributed by atoms with Gasteiger partial charge in [-0.15, -0.1) is 0 Å². The number of fused-ring (bicyclic) bond motifs is 1. The topological polar surface area (TPSA) is 77.6 Å². The zero-order valence-electron chi connectivity index (χ0n) is 19.8. The number of hydrogen-bond acceptors (Lipinski definition) is 5. The molecule has 7 heteroatoms. The van der Waals surface area contributed by atoms with Gasteiger partial charge in [-0.25, -0.2) is 4.79 Å². The molecule has 1 aliphatic heterocycles. The zero-order valence-corrected chi connectivity index (χ0v) is 20.6. The van der Waals surface area contributed by atoms with Crippen LogP contribution in [0.3, 0.4) is 0 Å². The van der Waals surface area contributed by atoms with Crippen molar-refractivity contribution in [3.63, 3.8) is 0 Å². The van der Waals surface area contributed by atoms with Crippen LogP contribution in [-0.4, -0.2) is 52.7 Å². The van der Waals surface area contributed by atoms with E-state index in [0.29, 0.717) is 16.5 Å². The number of carboxylic acids is 1. The van der Waals surface area contributed by atoms with Gasteiger partial charge in [0, 0.05) is 59.8 Å². The van der Waals surface area contributed by atoms with Gasteiger partial charge in [-0.1, -0.05) is 13.0 Å². The zero-order chi connectivity index (χ0) is 23.5. The lowest BCUT2D eigenvalue weighted by atomic mass is 9.92. The SMILES string of the molecule is CCSC1CCN(Cc2c(OC)cc(C)c3[nH]ccc23)C(c2ccc(C(=O)O)c(NC)c2)C1. The van der Waals surface area contributed by atoms with E-state index in [4.69, 9.17) is 4.74 Å². The highest BCUT2D eigenvalue weighted by Crippen LogP contribution is 2.40. The van der Waals surface area contributed by atoms with Crippen molar-refractivity contribution in [2.24, 2.45) is 0 Å². The van der Waals surface area contributed by atoms with Crippen LogP contribution in [0.1, 0.15) is 52.9 Å². The smallest absolute Gasteiger partial charge is 0.337 e. The number of anilines is 1. The minimum atomic E-state index is -0.912. The molecule has 1 aliphatic rings. The molecular weight excluding hydrogens is 434 g/mol. The number of methoxy groups -OCH3 is 1. The average molecular weight is 468 g/mol. The normalized spacial score (nSPS) is 19.0. The second kappa shape index (κ2) is 10.1. The van der Waals surface area contributed by atoms with Crippen molar-refractivity contribution in [2.75, 3.05) is 31.8 Å². The van der Waals surface area contributed by atoms with Crippen molar-refractivity contribution >= 4 is 34.3 Å². The second-order valence-electron chi connectivity index (χ2n) is 8.59. The van der Waals surface area contributed by atoms with Crippen molar-refractivity contribution in [1.82, 2.24) is 9.88 Å². The van der Waals surface area contributed by atoms with Crippen LogP contribution in [0.15, 0.2) is 36.5 Å². The summed E-state index contributed by atoms with van der Waals surface area (Å²) < 4.78 is 5.80. The van der Waals surface area contributed by atoms with Crippen molar-refractivity contribution < 1.29 is 14.6 Å². The van der Waals surface area contributed by atoms with Gasteiger partial charge in [-0.3, -0.25) is 4.90 Å². The molecule has 6 nitrogen and oxygen atoms in total. The Balaban J connectivity index is 1.73. The number of carbonyl (C=O) groups is 1. The van der Waals surface area contributed by atoms with E-state index >= 15 is 0 Å². The third kappa shape index (κ3) is 4.70. The van der Waals surface area contributed by atoms with Gasteiger partial charge in [0.05, 0.1) is 12.7 Å². The Labute approximate surface area is 199 Å². The number of hydrogen-bond donors (Lipinski definition) is 3. The van der Waals surface area contributed by atoms with Gasteiger partial charge in [0.1, 0.15) is 5.75 Å². The lowest BCUT2D eigenvalue weighted by Gasteiger charge is -2.40. The Morgan fingerprint density at radius 1 is 1.33 bits per heavy atom. The summed E-state index contributed by atoms with van der Waals surface area (Å²) >= 11 is 2.02. The molecule has 0 spiro atoms. The molecule has 33 heavy (non-hydrogen) atoms. The number of ether oxygens (including phenoxy) is 1. The number of carboxylic acid groups (broad SMARTS) is 1. The number of aromatic amines is 1. The fourth-order valence-electron chi connectivity index (χ4n) is 5.05. The number of H-pyrrole nitrogens is 1. The molecule has 3 aromatic rings. The molecule has 0 aliphatic carbocycles. The molecule has 3 N–H and O–H groups in total. The highest BCUT2D eigenvalue weighted by Gasteiger charge is 2.31. The van der Waals surface area contributed by atoms with Gasteiger partial charge >= 0.3 is 5.97 Å². The number of aryl methyl sites for hydroxylation is 1. The third-order valence-electron chi connectivity index (χ3n) is 6.69. The average Bonchev–Trinajstić information content (AvgIpc) is 3.32. The molecule has 2 atom stereocenters. The van der Waals surface area contributed by atoms with Crippen molar-refractivity contribution in [2.45, 2.75) is 44.5 Å². The summed E-state index contributed by atoms with van der Waals surface area (Å²) in [5.41, 5.74) is 5.64. The van der Waals surface area contributed by atoms with Gasteiger partial charge in [-0.2, -0.15) is 11.8 Å². The predicted molar refractivity (Wildman–Crippen MR) is 137 cm³/mol. The fourth-order valence-corrected chi connectivity index (χ4v) is 6.11. The molecular formula is C26H33N3O3S. The van der Waals surface area contributed by atoms with Crippen LogP contribution in [0.4, 0.5) is 5.69 Å². The number of nitrogens with one attached hydrogen (secondary N) is 2. The van der Waals surface area contributed by atoms with Crippen LogP contribution in [0, 0.1) is 6.92 Å². The summed E-state index contributed by atoms with van der Waals surface area (Å²) in [6, 6.07) is 10.2. The van der Waals surface area contributed by atoms with Crippen LogP contribution in [0.25, 0.3) is 10.9 Å². The molecule has 0 bridgehead atoms. The van der Waals surface area contributed by atoms with E-state index in [-0.39, 0.29) is 6.04 Å². The maximum atomic E-state index is 11.6. The third-order valence-corrected chi connectivity index (χ3v) is 7.92. The largest absolute Gasteiger partial charge is 0.496 e. The molecule has 2 unspecified atom stereocenters. The molecule has 2 aromatic carbocycles. The van der Waals surface area contributed by atoms with Crippen LogP contribution in [0.2, 0.25) is 0 Å². The van der Waals surface area contributed by atoms with E-state index in [9.17, 15) is 9.90 Å². The van der Waals surface area contributed by atoms with Crippen LogP contribution >= 0.6 is 11.8 Å². The molecule has 2 heterocycles. The first-order valence-electron chi connectivity index (χ1n) is 11.5. The number of aromatic carboxylic acids is 1. The first-order chi connectivity index (χ1) is 16.0. The molecule has 0 radical (unpaired) electrons. The number of rotatable bonds is 8. The van der Waals surface area contributed by atoms with Gasteiger partial charge in [0.25, 0.3) is 0 Å². The Morgan fingerprint density at radius 2 is 2.15 bits per heavy atom. The van der Waals surface area contributed by atoms with E-state index in [1.807, 2.05) is 30.1 Å². The molecule has 176 valence electrons. The Bertz CT molecular complexity index is 1140. The Kier molecular flexibility index (Phi) is 7.20. The van der Waals surface area contributed by atoms with Crippen molar-refractivity contribution in [3.05, 3.63) is 58.8 Å². The summed E-state index contributed by atoms with van der Waals surface area (Å²) in [5.74, 6) is 1.11. The van der Waals surface area contributed by atoms with E-state index in [0.717, 1.165) is 48.5 Å². The van der Waals surface area contributed by atoms with Gasteiger partial charge < -0.3 is 20.1 Å². The summed E-state index contributed by atoms with van der Waals surface area (Å²) in [6.45, 7) is 6.08. The van der Waals surface area contributed by atoms with Gasteiger partial charge in [0.2, 0.25) is 0 Å². The number of piperidine rings is 1. The van der Waals surface area contributed by atoms with Crippen LogP contribution in [-0.2, 0) is 6.54 Å². The van der Waals surface area contributed by atoms with E-state index in [2.05, 4.69) is 41.2 Å². The summed E-state index contributed by atoms with van der Waals surface area (Å²) in [4.78, 5) is 17.5. The number of benzene rings is 2. The fraction of sp³-hybridized carbons (Fsp3) is 0.423. The minimum absolute atomic E-state index is 0.206. The molecule has 1 aromatic heterocycles. The van der Waals surface area contributed by atoms with E-state index in [1.165, 1.54) is 16.5 Å². The Hall–Kier alpha value is -2.64. The number of nitrogens with zero attached hydrogens (tertiary/aromatic N) is 1. The second-order valence-corrected chi connectivity index (χ2v) is 10.2. The Morgan fingerprint density at radius 3 is 2.85 bits per heavy atom. The summed E-state index contributed by atoms with van der Waals surface area (Å²) in [7, 11) is 3.52. The molecule has 4 rings (SSSR count). The first-order valence-corrected chi connectivity index (χ1v) is 12.6.